The van der Waals surface area contributed by atoms with Crippen LogP contribution < -0.4 is 4.74 Å². The van der Waals surface area contributed by atoms with Gasteiger partial charge in [0.2, 0.25) is 0 Å². The highest BCUT2D eigenvalue weighted by Crippen LogP contribution is 2.44. The van der Waals surface area contributed by atoms with Gasteiger partial charge in [-0.2, -0.15) is 0 Å². The molecule has 0 aliphatic rings. The van der Waals surface area contributed by atoms with Crippen LogP contribution in [0.5, 0.6) is 5.75 Å². The first-order valence-corrected chi connectivity index (χ1v) is 8.95. The van der Waals surface area contributed by atoms with Gasteiger partial charge in [0.25, 0.3) is 0 Å². The van der Waals surface area contributed by atoms with Gasteiger partial charge in [-0.05, 0) is 34.2 Å². The smallest absolute Gasteiger partial charge is 0.406 e. The average molecular weight is 402 g/mol. The molecule has 0 saturated heterocycles. The molecule has 152 valence electrons. The molecule has 0 amide bonds. The van der Waals surface area contributed by atoms with Crippen LogP contribution in [-0.2, 0) is 5.60 Å². The summed E-state index contributed by atoms with van der Waals surface area (Å²) in [5.41, 5.74) is 0.530. The second-order valence-electron chi connectivity index (χ2n) is 7.74. The molecule has 1 atom stereocenters. The zero-order valence-corrected chi connectivity index (χ0v) is 16.2. The molecule has 0 bridgehead atoms. The fourth-order valence-electron chi connectivity index (χ4n) is 3.30. The number of aliphatic hydroxyl groups is 1. The Balaban J connectivity index is 1.98. The highest BCUT2D eigenvalue weighted by Gasteiger charge is 2.43. The number of benzene rings is 2. The molecule has 1 aromatic heterocycles. The van der Waals surface area contributed by atoms with Crippen molar-refractivity contribution in [1.82, 2.24) is 9.97 Å². The molecule has 2 aromatic carbocycles. The molecule has 3 rings (SSSR count). The lowest BCUT2D eigenvalue weighted by atomic mass is 9.69. The zero-order valence-electron chi connectivity index (χ0n) is 16.2. The van der Waals surface area contributed by atoms with E-state index in [0.29, 0.717) is 22.3 Å². The van der Waals surface area contributed by atoms with Crippen molar-refractivity contribution in [3.8, 4) is 16.9 Å². The lowest BCUT2D eigenvalue weighted by Crippen LogP contribution is -2.41. The summed E-state index contributed by atoms with van der Waals surface area (Å²) in [5, 5.41) is 11.6. The van der Waals surface area contributed by atoms with Crippen molar-refractivity contribution in [2.24, 2.45) is 5.41 Å². The van der Waals surface area contributed by atoms with Crippen LogP contribution in [-0.4, -0.2) is 21.4 Å². The van der Waals surface area contributed by atoms with E-state index in [9.17, 15) is 18.3 Å². The van der Waals surface area contributed by atoms with E-state index >= 15 is 0 Å². The Morgan fingerprint density at radius 1 is 0.828 bits per heavy atom. The first-order valence-electron chi connectivity index (χ1n) is 8.95. The predicted molar refractivity (Wildman–Crippen MR) is 103 cm³/mol. The highest BCUT2D eigenvalue weighted by atomic mass is 19.4. The summed E-state index contributed by atoms with van der Waals surface area (Å²) in [6, 6.07) is 12.8. The van der Waals surface area contributed by atoms with Crippen LogP contribution in [0.4, 0.5) is 13.2 Å². The minimum absolute atomic E-state index is 0.285. The van der Waals surface area contributed by atoms with Gasteiger partial charge in [0.05, 0.1) is 0 Å². The summed E-state index contributed by atoms with van der Waals surface area (Å²) in [5.74, 6) is -0.285. The number of aromatic nitrogens is 2. The topological polar surface area (TPSA) is 55.2 Å². The summed E-state index contributed by atoms with van der Waals surface area (Å²) in [6.45, 7) is 5.73. The molecule has 4 nitrogen and oxygen atoms in total. The first-order chi connectivity index (χ1) is 13.5. The minimum Gasteiger partial charge on any atom is -0.406 e. The van der Waals surface area contributed by atoms with Gasteiger partial charge in [-0.15, -0.1) is 13.2 Å². The SMILES string of the molecule is CC(C)(C)C(O)(c1ccc(-c2cccc(OC(F)(F)F)c2)cc1)c1cncnc1. The molecule has 1 heterocycles. The summed E-state index contributed by atoms with van der Waals surface area (Å²) < 4.78 is 41.4. The third kappa shape index (κ3) is 4.40. The molecule has 0 spiro atoms. The van der Waals surface area contributed by atoms with Crippen molar-refractivity contribution < 1.29 is 23.0 Å². The van der Waals surface area contributed by atoms with Gasteiger partial charge in [0.1, 0.15) is 17.7 Å². The molecule has 1 unspecified atom stereocenters. The third-order valence-corrected chi connectivity index (χ3v) is 4.77. The molecule has 1 N–H and O–H groups in total. The Morgan fingerprint density at radius 3 is 2.00 bits per heavy atom. The van der Waals surface area contributed by atoms with E-state index in [4.69, 9.17) is 0 Å². The zero-order chi connectivity index (χ0) is 21.3. The average Bonchev–Trinajstić information content (AvgIpc) is 2.66. The number of nitrogens with zero attached hydrogens (tertiary/aromatic N) is 2. The van der Waals surface area contributed by atoms with Gasteiger partial charge in [0.15, 0.2) is 0 Å². The van der Waals surface area contributed by atoms with Crippen molar-refractivity contribution in [2.75, 3.05) is 0 Å². The van der Waals surface area contributed by atoms with Crippen LogP contribution >= 0.6 is 0 Å². The van der Waals surface area contributed by atoms with E-state index in [2.05, 4.69) is 14.7 Å². The second-order valence-corrected chi connectivity index (χ2v) is 7.74. The molecule has 0 radical (unpaired) electrons. The minimum atomic E-state index is -4.75. The van der Waals surface area contributed by atoms with Crippen molar-refractivity contribution in [3.05, 3.63) is 78.4 Å². The number of ether oxygens (including phenoxy) is 1. The fraction of sp³-hybridized carbons (Fsp3) is 0.273. The molecule has 7 heteroatoms. The van der Waals surface area contributed by atoms with Crippen molar-refractivity contribution in [2.45, 2.75) is 32.7 Å². The molecule has 0 aliphatic heterocycles. The van der Waals surface area contributed by atoms with Gasteiger partial charge < -0.3 is 9.84 Å². The van der Waals surface area contributed by atoms with Gasteiger partial charge in [0, 0.05) is 18.0 Å². The molecule has 0 aliphatic carbocycles. The largest absolute Gasteiger partial charge is 0.573 e. The maximum atomic E-state index is 12.5. The number of rotatable bonds is 4. The fourth-order valence-corrected chi connectivity index (χ4v) is 3.30. The standard InChI is InChI=1S/C22H21F3N2O2/c1-20(2,3)21(28,18-12-26-14-27-13-18)17-9-7-15(8-10-17)16-5-4-6-19(11-16)29-22(23,24)25/h4-14,28H,1-3H3. The molecule has 29 heavy (non-hydrogen) atoms. The maximum absolute atomic E-state index is 12.5. The Morgan fingerprint density at radius 2 is 1.45 bits per heavy atom. The van der Waals surface area contributed by atoms with E-state index in [1.165, 1.54) is 24.5 Å². The predicted octanol–water partition coefficient (Wildman–Crippen LogP) is 5.32. The van der Waals surface area contributed by atoms with Crippen molar-refractivity contribution in [3.63, 3.8) is 0 Å². The third-order valence-electron chi connectivity index (χ3n) is 4.77. The summed E-state index contributed by atoms with van der Waals surface area (Å²) >= 11 is 0. The normalized spacial score (nSPS) is 14.3. The summed E-state index contributed by atoms with van der Waals surface area (Å²) in [4.78, 5) is 8.03. The van der Waals surface area contributed by atoms with E-state index in [0.717, 1.165) is 0 Å². The van der Waals surface area contributed by atoms with Crippen molar-refractivity contribution >= 4 is 0 Å². The Bertz CT molecular complexity index is 968. The van der Waals surface area contributed by atoms with Gasteiger partial charge in [-0.1, -0.05) is 57.2 Å². The molecular weight excluding hydrogens is 381 g/mol. The van der Waals surface area contributed by atoms with Crippen LogP contribution in [0, 0.1) is 5.41 Å². The Labute approximate surface area is 167 Å². The Hall–Kier alpha value is -2.93. The lowest BCUT2D eigenvalue weighted by molar-refractivity contribution is -0.274. The molecule has 3 aromatic rings. The number of halogens is 3. The number of hydrogen-bond acceptors (Lipinski definition) is 4. The van der Waals surface area contributed by atoms with E-state index < -0.39 is 17.4 Å². The molecule has 0 saturated carbocycles. The van der Waals surface area contributed by atoms with E-state index in [-0.39, 0.29) is 5.75 Å². The highest BCUT2D eigenvalue weighted by molar-refractivity contribution is 5.65. The monoisotopic (exact) mass is 402 g/mol. The molecule has 0 fully saturated rings. The Kier molecular flexibility index (Phi) is 5.36. The van der Waals surface area contributed by atoms with Crippen LogP contribution in [0.3, 0.4) is 0 Å². The van der Waals surface area contributed by atoms with Crippen LogP contribution in [0.25, 0.3) is 11.1 Å². The molecular formula is C22H21F3N2O2. The van der Waals surface area contributed by atoms with Gasteiger partial charge >= 0.3 is 6.36 Å². The number of alkyl halides is 3. The number of hydrogen-bond donors (Lipinski definition) is 1. The van der Waals surface area contributed by atoms with Gasteiger partial charge in [-0.3, -0.25) is 0 Å². The van der Waals surface area contributed by atoms with Crippen LogP contribution in [0.15, 0.2) is 67.3 Å². The van der Waals surface area contributed by atoms with Gasteiger partial charge in [-0.25, -0.2) is 9.97 Å². The van der Waals surface area contributed by atoms with E-state index in [1.807, 2.05) is 20.8 Å². The van der Waals surface area contributed by atoms with Crippen LogP contribution in [0.1, 0.15) is 31.9 Å². The van der Waals surface area contributed by atoms with Crippen molar-refractivity contribution in [1.29, 1.82) is 0 Å². The quantitative estimate of drug-likeness (QED) is 0.641. The second kappa shape index (κ2) is 7.48. The van der Waals surface area contributed by atoms with Crippen LogP contribution in [0.2, 0.25) is 0 Å². The van der Waals surface area contributed by atoms with E-state index in [1.54, 1.807) is 42.7 Å². The summed E-state index contributed by atoms with van der Waals surface area (Å²) in [7, 11) is 0. The maximum Gasteiger partial charge on any atom is 0.573 e. The first kappa shape index (κ1) is 20.8. The summed E-state index contributed by atoms with van der Waals surface area (Å²) in [6.07, 6.45) is -0.205. The lowest BCUT2D eigenvalue weighted by Gasteiger charge is -2.40.